The molecule has 0 atom stereocenters. The Balaban J connectivity index is 0.945. The molecule has 290 valence electrons. The van der Waals surface area contributed by atoms with Crippen LogP contribution in [0.4, 0.5) is 0 Å². The van der Waals surface area contributed by atoms with E-state index in [1.807, 2.05) is 6.07 Å². The number of thiophene rings is 1. The Morgan fingerprint density at radius 2 is 0.710 bits per heavy atom. The molecular formula is C57H36N4S. The van der Waals surface area contributed by atoms with Gasteiger partial charge in [-0.25, -0.2) is 15.0 Å². The van der Waals surface area contributed by atoms with E-state index in [1.54, 1.807) is 11.3 Å². The molecule has 0 fully saturated rings. The summed E-state index contributed by atoms with van der Waals surface area (Å²) in [6.45, 7) is 0. The van der Waals surface area contributed by atoms with Crippen molar-refractivity contribution in [3.05, 3.63) is 218 Å². The van der Waals surface area contributed by atoms with E-state index in [9.17, 15) is 0 Å². The number of hydrogen-bond donors (Lipinski definition) is 0. The number of hydrogen-bond acceptors (Lipinski definition) is 4. The molecule has 0 unspecified atom stereocenters. The number of para-hydroxylation sites is 2. The molecule has 0 saturated carbocycles. The van der Waals surface area contributed by atoms with Crippen LogP contribution in [0.5, 0.6) is 0 Å². The van der Waals surface area contributed by atoms with Crippen LogP contribution in [0.25, 0.3) is 115 Å². The van der Waals surface area contributed by atoms with Gasteiger partial charge in [0.15, 0.2) is 17.5 Å². The number of rotatable bonds is 7. The molecule has 3 heterocycles. The molecule has 62 heavy (non-hydrogen) atoms. The van der Waals surface area contributed by atoms with Crippen molar-refractivity contribution in [3.63, 3.8) is 0 Å². The van der Waals surface area contributed by atoms with Gasteiger partial charge in [0.2, 0.25) is 0 Å². The SMILES string of the molecule is c1ccc(-c2ccc(-c3ccc(-c4nc(-c5cccc(-c6cccc(-n7c8ccccc8c8ccccc87)c6)c5)nc(-c5ccc6c(c5)sc5ccccc56)n4)cc3)cc2)cc1. The van der Waals surface area contributed by atoms with Gasteiger partial charge in [-0.3, -0.25) is 0 Å². The second-order valence-corrected chi connectivity index (χ2v) is 16.7. The quantitative estimate of drug-likeness (QED) is 0.161. The highest BCUT2D eigenvalue weighted by Gasteiger charge is 2.16. The van der Waals surface area contributed by atoms with Gasteiger partial charge in [0.05, 0.1) is 11.0 Å². The lowest BCUT2D eigenvalue weighted by molar-refractivity contribution is 1.07. The largest absolute Gasteiger partial charge is 0.309 e. The van der Waals surface area contributed by atoms with Crippen molar-refractivity contribution in [2.75, 3.05) is 0 Å². The Hall–Kier alpha value is -7.99. The van der Waals surface area contributed by atoms with E-state index in [-0.39, 0.29) is 0 Å². The van der Waals surface area contributed by atoms with Crippen LogP contribution in [0.15, 0.2) is 218 Å². The van der Waals surface area contributed by atoms with E-state index in [0.717, 1.165) is 44.6 Å². The van der Waals surface area contributed by atoms with Gasteiger partial charge in [-0.2, -0.15) is 0 Å². The van der Waals surface area contributed by atoms with Gasteiger partial charge < -0.3 is 4.57 Å². The molecule has 4 nitrogen and oxygen atoms in total. The van der Waals surface area contributed by atoms with E-state index < -0.39 is 0 Å². The molecule has 0 saturated heterocycles. The number of aromatic nitrogens is 4. The van der Waals surface area contributed by atoms with Gasteiger partial charge >= 0.3 is 0 Å². The summed E-state index contributed by atoms with van der Waals surface area (Å²) in [6, 6.07) is 77.6. The van der Waals surface area contributed by atoms with Crippen LogP contribution in [0, 0.1) is 0 Å². The van der Waals surface area contributed by atoms with Gasteiger partial charge in [-0.15, -0.1) is 11.3 Å². The maximum Gasteiger partial charge on any atom is 0.164 e. The van der Waals surface area contributed by atoms with Crippen molar-refractivity contribution < 1.29 is 0 Å². The zero-order valence-electron chi connectivity index (χ0n) is 33.5. The molecule has 0 N–H and O–H groups in total. The molecule has 0 amide bonds. The van der Waals surface area contributed by atoms with Crippen LogP contribution in [0.2, 0.25) is 0 Å². The lowest BCUT2D eigenvalue weighted by Crippen LogP contribution is -2.00. The van der Waals surface area contributed by atoms with Crippen LogP contribution in [-0.2, 0) is 0 Å². The third-order valence-electron chi connectivity index (χ3n) is 11.9. The van der Waals surface area contributed by atoms with E-state index in [0.29, 0.717) is 17.5 Å². The van der Waals surface area contributed by atoms with Crippen LogP contribution >= 0.6 is 11.3 Å². The first kappa shape index (κ1) is 35.9. The second kappa shape index (κ2) is 14.9. The molecule has 12 rings (SSSR count). The first-order valence-corrected chi connectivity index (χ1v) is 21.7. The van der Waals surface area contributed by atoms with Gasteiger partial charge in [-0.05, 0) is 75.8 Å². The van der Waals surface area contributed by atoms with Gasteiger partial charge in [0.1, 0.15) is 0 Å². The predicted molar refractivity (Wildman–Crippen MR) is 260 cm³/mol. The molecule has 5 heteroatoms. The van der Waals surface area contributed by atoms with E-state index >= 15 is 0 Å². The number of fused-ring (bicyclic) bond motifs is 6. The first-order chi connectivity index (χ1) is 30.7. The summed E-state index contributed by atoms with van der Waals surface area (Å²) >= 11 is 1.80. The van der Waals surface area contributed by atoms with Crippen molar-refractivity contribution in [2.24, 2.45) is 0 Å². The van der Waals surface area contributed by atoms with Crippen molar-refractivity contribution in [1.82, 2.24) is 19.5 Å². The van der Waals surface area contributed by atoms with Crippen molar-refractivity contribution >= 4 is 53.3 Å². The topological polar surface area (TPSA) is 43.6 Å². The zero-order chi connectivity index (χ0) is 41.0. The second-order valence-electron chi connectivity index (χ2n) is 15.6. The molecule has 9 aromatic carbocycles. The minimum atomic E-state index is 0.627. The number of benzene rings is 9. The summed E-state index contributed by atoms with van der Waals surface area (Å²) in [4.78, 5) is 15.5. The van der Waals surface area contributed by atoms with Crippen LogP contribution < -0.4 is 0 Å². The number of nitrogens with zero attached hydrogens (tertiary/aromatic N) is 4. The predicted octanol–water partition coefficient (Wildman–Crippen LogP) is 15.3. The third-order valence-corrected chi connectivity index (χ3v) is 13.0. The molecule has 0 bridgehead atoms. The highest BCUT2D eigenvalue weighted by molar-refractivity contribution is 7.25. The Morgan fingerprint density at radius 1 is 0.274 bits per heavy atom. The Labute approximate surface area is 362 Å². The fourth-order valence-electron chi connectivity index (χ4n) is 8.79. The molecule has 0 radical (unpaired) electrons. The minimum Gasteiger partial charge on any atom is -0.309 e. The lowest BCUT2D eigenvalue weighted by Gasteiger charge is -2.12. The van der Waals surface area contributed by atoms with Gasteiger partial charge in [0.25, 0.3) is 0 Å². The average molecular weight is 809 g/mol. The maximum absolute atomic E-state index is 5.20. The van der Waals surface area contributed by atoms with Crippen LogP contribution in [0.3, 0.4) is 0 Å². The maximum atomic E-state index is 5.20. The van der Waals surface area contributed by atoms with E-state index in [1.165, 1.54) is 53.1 Å². The van der Waals surface area contributed by atoms with Gasteiger partial charge in [0, 0.05) is 53.3 Å². The third kappa shape index (κ3) is 6.35. The van der Waals surface area contributed by atoms with Crippen LogP contribution in [-0.4, -0.2) is 19.5 Å². The normalized spacial score (nSPS) is 11.5. The molecule has 12 aromatic rings. The Bertz CT molecular complexity index is 3570. The molecule has 0 aliphatic heterocycles. The highest BCUT2D eigenvalue weighted by atomic mass is 32.1. The summed E-state index contributed by atoms with van der Waals surface area (Å²) in [5.74, 6) is 1.90. The lowest BCUT2D eigenvalue weighted by atomic mass is 9.99. The fraction of sp³-hybridized carbons (Fsp3) is 0. The molecular weight excluding hydrogens is 773 g/mol. The minimum absolute atomic E-state index is 0.627. The molecule has 3 aromatic heterocycles. The van der Waals surface area contributed by atoms with Crippen molar-refractivity contribution in [3.8, 4) is 73.2 Å². The summed E-state index contributed by atoms with van der Waals surface area (Å²) in [5, 5.41) is 5.00. The highest BCUT2D eigenvalue weighted by Crippen LogP contribution is 2.38. The summed E-state index contributed by atoms with van der Waals surface area (Å²) in [5.41, 5.74) is 13.2. The molecule has 0 aliphatic carbocycles. The fourth-order valence-corrected chi connectivity index (χ4v) is 9.93. The standard InChI is InChI=1S/C57H36N4S/c1-2-12-37(13-3-1)38-24-26-39(27-25-38)40-28-30-41(31-29-40)55-58-56(60-57(59-55)45-32-33-50-49-20-6-9-23-53(49)62-54(50)36-45)44-16-10-14-42(34-44)43-15-11-17-46(35-43)61-51-21-7-4-18-47(51)48-19-5-8-22-52(48)61/h1-36H. The zero-order valence-corrected chi connectivity index (χ0v) is 34.3. The smallest absolute Gasteiger partial charge is 0.164 e. The monoisotopic (exact) mass is 808 g/mol. The Morgan fingerprint density at radius 3 is 1.37 bits per heavy atom. The molecule has 0 aliphatic rings. The average Bonchev–Trinajstić information content (AvgIpc) is 3.90. The van der Waals surface area contributed by atoms with Crippen LogP contribution in [0.1, 0.15) is 0 Å². The van der Waals surface area contributed by atoms with E-state index in [2.05, 4.69) is 217 Å². The Kier molecular flexibility index (Phi) is 8.65. The van der Waals surface area contributed by atoms with Crippen molar-refractivity contribution in [1.29, 1.82) is 0 Å². The van der Waals surface area contributed by atoms with Crippen molar-refractivity contribution in [2.45, 2.75) is 0 Å². The first-order valence-electron chi connectivity index (χ1n) is 20.8. The molecule has 0 spiro atoms. The summed E-state index contributed by atoms with van der Waals surface area (Å²) in [7, 11) is 0. The summed E-state index contributed by atoms with van der Waals surface area (Å²) in [6.07, 6.45) is 0. The van der Waals surface area contributed by atoms with Gasteiger partial charge in [-0.1, -0.05) is 176 Å². The van der Waals surface area contributed by atoms with E-state index in [4.69, 9.17) is 15.0 Å². The summed E-state index contributed by atoms with van der Waals surface area (Å²) < 4.78 is 4.84.